The number of amides is 3. The van der Waals surface area contributed by atoms with Crippen LogP contribution in [0.25, 0.3) is 5.69 Å². The summed E-state index contributed by atoms with van der Waals surface area (Å²) in [5.74, 6) is 0.297. The van der Waals surface area contributed by atoms with Crippen molar-refractivity contribution in [2.24, 2.45) is 0 Å². The normalized spacial score (nSPS) is 11.6. The van der Waals surface area contributed by atoms with Crippen LogP contribution in [0.1, 0.15) is 13.8 Å². The number of hydrogen-bond acceptors (Lipinski definition) is 7. The van der Waals surface area contributed by atoms with Crippen molar-refractivity contribution in [3.63, 3.8) is 0 Å². The Balaban J connectivity index is 2.06. The standard InChI is InChI=1S/C14H18N6O3S/c1-4-15-13(22)16-12(21)9(2)24-14-17-18-19-20(14)10-5-7-11(23-3)8-6-10/h5-9H,4H2,1-3H3,(H2,15,16,21,22)/t9-/m1/s1. The molecule has 0 aliphatic heterocycles. The fourth-order valence-electron chi connectivity index (χ4n) is 1.77. The number of nitrogens with one attached hydrogen (secondary N) is 2. The molecule has 3 amide bonds. The van der Waals surface area contributed by atoms with Gasteiger partial charge in [-0.1, -0.05) is 11.8 Å². The highest BCUT2D eigenvalue weighted by atomic mass is 32.2. The summed E-state index contributed by atoms with van der Waals surface area (Å²) >= 11 is 1.15. The minimum atomic E-state index is -0.546. The van der Waals surface area contributed by atoms with Gasteiger partial charge in [0.05, 0.1) is 18.0 Å². The highest BCUT2D eigenvalue weighted by Crippen LogP contribution is 2.23. The van der Waals surface area contributed by atoms with Crippen molar-refractivity contribution in [2.45, 2.75) is 24.3 Å². The van der Waals surface area contributed by atoms with Gasteiger partial charge in [-0.15, -0.1) is 5.10 Å². The number of tetrazole rings is 1. The first-order valence-electron chi connectivity index (χ1n) is 7.23. The number of urea groups is 1. The molecule has 0 spiro atoms. The number of thioether (sulfide) groups is 1. The van der Waals surface area contributed by atoms with Crippen molar-refractivity contribution in [1.29, 1.82) is 0 Å². The predicted octanol–water partition coefficient (Wildman–Crippen LogP) is 0.997. The molecule has 0 bridgehead atoms. The number of aromatic nitrogens is 4. The molecule has 0 radical (unpaired) electrons. The Morgan fingerprint density at radius 2 is 2.04 bits per heavy atom. The van der Waals surface area contributed by atoms with Crippen LogP contribution in [-0.4, -0.2) is 51.1 Å². The fraction of sp³-hybridized carbons (Fsp3) is 0.357. The minimum absolute atomic E-state index is 0.421. The Bertz CT molecular complexity index is 703. The third-order valence-corrected chi connectivity index (χ3v) is 4.02. The predicted molar refractivity (Wildman–Crippen MR) is 88.2 cm³/mol. The highest BCUT2D eigenvalue weighted by molar-refractivity contribution is 8.00. The van der Waals surface area contributed by atoms with Crippen LogP contribution in [0.4, 0.5) is 4.79 Å². The lowest BCUT2D eigenvalue weighted by Gasteiger charge is -2.11. The summed E-state index contributed by atoms with van der Waals surface area (Å²) in [6.45, 7) is 3.88. The average molecular weight is 350 g/mol. The summed E-state index contributed by atoms with van der Waals surface area (Å²) in [5.41, 5.74) is 0.736. The van der Waals surface area contributed by atoms with E-state index in [2.05, 4.69) is 26.2 Å². The molecule has 0 aliphatic rings. The van der Waals surface area contributed by atoms with Crippen molar-refractivity contribution < 1.29 is 14.3 Å². The van der Waals surface area contributed by atoms with Crippen molar-refractivity contribution in [3.8, 4) is 11.4 Å². The number of benzene rings is 1. The Hall–Kier alpha value is -2.62. The van der Waals surface area contributed by atoms with Gasteiger partial charge < -0.3 is 10.1 Å². The molecule has 0 aliphatic carbocycles. The van der Waals surface area contributed by atoms with Gasteiger partial charge >= 0.3 is 6.03 Å². The first-order chi connectivity index (χ1) is 11.5. The summed E-state index contributed by atoms with van der Waals surface area (Å²) in [5, 5.41) is 16.2. The summed E-state index contributed by atoms with van der Waals surface area (Å²) < 4.78 is 6.63. The number of rotatable bonds is 6. The third-order valence-electron chi connectivity index (χ3n) is 2.98. The van der Waals surface area contributed by atoms with Gasteiger partial charge in [0.15, 0.2) is 0 Å². The van der Waals surface area contributed by atoms with Crippen molar-refractivity contribution >= 4 is 23.7 Å². The molecule has 1 heterocycles. The van der Waals surface area contributed by atoms with E-state index in [1.165, 1.54) is 4.68 Å². The van der Waals surface area contributed by atoms with Crippen LogP contribution in [0.15, 0.2) is 29.4 Å². The number of methoxy groups -OCH3 is 1. The molecule has 1 aromatic carbocycles. The fourth-order valence-corrected chi connectivity index (χ4v) is 2.58. The molecule has 24 heavy (non-hydrogen) atoms. The molecule has 2 rings (SSSR count). The lowest BCUT2D eigenvalue weighted by atomic mass is 10.3. The summed E-state index contributed by atoms with van der Waals surface area (Å²) in [6.07, 6.45) is 0. The molecule has 2 N–H and O–H groups in total. The Kier molecular flexibility index (Phi) is 6.13. The summed E-state index contributed by atoms with van der Waals surface area (Å²) in [7, 11) is 1.59. The maximum atomic E-state index is 12.0. The van der Waals surface area contributed by atoms with Crippen LogP contribution >= 0.6 is 11.8 Å². The molecular weight excluding hydrogens is 332 g/mol. The monoisotopic (exact) mass is 350 g/mol. The van der Waals surface area contributed by atoms with Gasteiger partial charge in [0.25, 0.3) is 0 Å². The summed E-state index contributed by atoms with van der Waals surface area (Å²) in [6, 6.07) is 6.66. The molecule has 0 fully saturated rings. The first-order valence-corrected chi connectivity index (χ1v) is 8.11. The SMILES string of the molecule is CCNC(=O)NC(=O)[C@@H](C)Sc1nnnn1-c1ccc(OC)cc1. The van der Waals surface area contributed by atoms with E-state index >= 15 is 0 Å². The van der Waals surface area contributed by atoms with E-state index in [-0.39, 0.29) is 0 Å². The van der Waals surface area contributed by atoms with E-state index in [1.54, 1.807) is 45.2 Å². The number of ether oxygens (including phenoxy) is 1. The van der Waals surface area contributed by atoms with Crippen LogP contribution in [0, 0.1) is 0 Å². The van der Waals surface area contributed by atoms with E-state index in [4.69, 9.17) is 4.74 Å². The molecule has 0 saturated carbocycles. The van der Waals surface area contributed by atoms with E-state index in [1.807, 2.05) is 0 Å². The van der Waals surface area contributed by atoms with Crippen LogP contribution in [-0.2, 0) is 4.79 Å². The summed E-state index contributed by atoms with van der Waals surface area (Å²) in [4.78, 5) is 23.4. The van der Waals surface area contributed by atoms with Crippen LogP contribution < -0.4 is 15.4 Å². The second-order valence-corrected chi connectivity index (χ2v) is 5.99. The molecule has 0 unspecified atom stereocenters. The maximum absolute atomic E-state index is 12.0. The highest BCUT2D eigenvalue weighted by Gasteiger charge is 2.20. The van der Waals surface area contributed by atoms with E-state index in [0.717, 1.165) is 23.2 Å². The van der Waals surface area contributed by atoms with Gasteiger partial charge in [-0.2, -0.15) is 4.68 Å². The van der Waals surface area contributed by atoms with Crippen LogP contribution in [0.5, 0.6) is 5.75 Å². The lowest BCUT2D eigenvalue weighted by molar-refractivity contribution is -0.119. The molecule has 1 aromatic heterocycles. The second-order valence-electron chi connectivity index (χ2n) is 4.68. The largest absolute Gasteiger partial charge is 0.497 e. The molecule has 10 heteroatoms. The van der Waals surface area contributed by atoms with Gasteiger partial charge in [0.1, 0.15) is 5.75 Å². The quantitative estimate of drug-likeness (QED) is 0.748. The van der Waals surface area contributed by atoms with Crippen molar-refractivity contribution in [3.05, 3.63) is 24.3 Å². The average Bonchev–Trinajstić information content (AvgIpc) is 3.03. The molecule has 1 atom stereocenters. The topological polar surface area (TPSA) is 111 Å². The van der Waals surface area contributed by atoms with Gasteiger partial charge in [-0.25, -0.2) is 4.79 Å². The zero-order valence-electron chi connectivity index (χ0n) is 13.5. The van der Waals surface area contributed by atoms with Gasteiger partial charge in [0, 0.05) is 6.54 Å². The first kappa shape index (κ1) is 17.7. The van der Waals surface area contributed by atoms with Gasteiger partial charge in [0.2, 0.25) is 11.1 Å². The smallest absolute Gasteiger partial charge is 0.321 e. The number of nitrogens with zero attached hydrogens (tertiary/aromatic N) is 4. The van der Waals surface area contributed by atoms with Crippen LogP contribution in [0.2, 0.25) is 0 Å². The lowest BCUT2D eigenvalue weighted by Crippen LogP contribution is -2.42. The number of carbonyl (C=O) groups is 2. The van der Waals surface area contributed by atoms with E-state index < -0.39 is 17.2 Å². The minimum Gasteiger partial charge on any atom is -0.497 e. The number of hydrogen-bond donors (Lipinski definition) is 2. The van der Waals surface area contributed by atoms with Crippen LogP contribution in [0.3, 0.4) is 0 Å². The molecule has 2 aromatic rings. The zero-order valence-corrected chi connectivity index (χ0v) is 14.3. The van der Waals surface area contributed by atoms with Gasteiger partial charge in [-0.3, -0.25) is 10.1 Å². The van der Waals surface area contributed by atoms with Crippen molar-refractivity contribution in [1.82, 2.24) is 30.8 Å². The molecule has 9 nitrogen and oxygen atoms in total. The number of imide groups is 1. The maximum Gasteiger partial charge on any atom is 0.321 e. The third kappa shape index (κ3) is 4.44. The molecule has 128 valence electrons. The number of carbonyl (C=O) groups excluding carboxylic acids is 2. The van der Waals surface area contributed by atoms with E-state index in [0.29, 0.717) is 11.7 Å². The Morgan fingerprint density at radius 1 is 1.33 bits per heavy atom. The van der Waals surface area contributed by atoms with Crippen molar-refractivity contribution in [2.75, 3.05) is 13.7 Å². The Labute approximate surface area is 143 Å². The molecular formula is C14H18N6O3S. The zero-order chi connectivity index (χ0) is 17.5. The molecule has 0 saturated heterocycles. The Morgan fingerprint density at radius 3 is 2.67 bits per heavy atom. The second kappa shape index (κ2) is 8.29. The van der Waals surface area contributed by atoms with Gasteiger partial charge in [-0.05, 0) is 48.5 Å². The van der Waals surface area contributed by atoms with E-state index in [9.17, 15) is 9.59 Å².